The van der Waals surface area contributed by atoms with E-state index in [9.17, 15) is 14.4 Å². The molecule has 2 aromatic carbocycles. The Morgan fingerprint density at radius 3 is 2.50 bits per heavy atom. The molecule has 1 aliphatic heterocycles. The van der Waals surface area contributed by atoms with Crippen LogP contribution in [0.2, 0.25) is 0 Å². The van der Waals surface area contributed by atoms with Crippen LogP contribution in [-0.2, 0) is 19.1 Å². The molecule has 2 aromatic rings. The lowest BCUT2D eigenvalue weighted by Crippen LogP contribution is -2.28. The van der Waals surface area contributed by atoms with Crippen LogP contribution in [0.25, 0.3) is 0 Å². The van der Waals surface area contributed by atoms with Gasteiger partial charge >= 0.3 is 5.97 Å². The largest absolute Gasteiger partial charge is 0.497 e. The van der Waals surface area contributed by atoms with Gasteiger partial charge in [-0.3, -0.25) is 14.4 Å². The van der Waals surface area contributed by atoms with E-state index < -0.39 is 24.4 Å². The van der Waals surface area contributed by atoms with Gasteiger partial charge in [0.05, 0.1) is 25.8 Å². The third-order valence-corrected chi connectivity index (χ3v) is 4.83. The maximum absolute atomic E-state index is 12.4. The number of rotatable bonds is 7. The molecule has 1 saturated heterocycles. The topological polar surface area (TPSA) is 94.2 Å². The second kappa shape index (κ2) is 9.30. The van der Waals surface area contributed by atoms with Crippen molar-refractivity contribution in [3.63, 3.8) is 0 Å². The molecule has 0 aromatic heterocycles. The first-order chi connectivity index (χ1) is 14.4. The minimum Gasteiger partial charge on any atom is -0.497 e. The Balaban J connectivity index is 1.54. The molecule has 1 fully saturated rings. The Bertz CT molecular complexity index is 941. The van der Waals surface area contributed by atoms with Crippen molar-refractivity contribution in [2.75, 3.05) is 37.6 Å². The van der Waals surface area contributed by atoms with Crippen molar-refractivity contribution in [1.82, 2.24) is 0 Å². The first-order valence-corrected chi connectivity index (χ1v) is 9.47. The van der Waals surface area contributed by atoms with Gasteiger partial charge in [0.2, 0.25) is 5.91 Å². The van der Waals surface area contributed by atoms with Gasteiger partial charge in [-0.15, -0.1) is 0 Å². The van der Waals surface area contributed by atoms with E-state index in [0.29, 0.717) is 17.2 Å². The van der Waals surface area contributed by atoms with Crippen molar-refractivity contribution < 1.29 is 28.6 Å². The Hall–Kier alpha value is -3.55. The van der Waals surface area contributed by atoms with Crippen LogP contribution in [0.15, 0.2) is 42.5 Å². The molecule has 0 aliphatic carbocycles. The van der Waals surface area contributed by atoms with Gasteiger partial charge in [-0.25, -0.2) is 0 Å². The van der Waals surface area contributed by atoms with Crippen LogP contribution in [0.5, 0.6) is 11.5 Å². The zero-order valence-electron chi connectivity index (χ0n) is 17.1. The molecular weight excluding hydrogens is 388 g/mol. The minimum atomic E-state index is -0.609. The van der Waals surface area contributed by atoms with Gasteiger partial charge in [-0.05, 0) is 31.2 Å². The first-order valence-electron chi connectivity index (χ1n) is 9.47. The summed E-state index contributed by atoms with van der Waals surface area (Å²) in [6, 6.07) is 12.4. The van der Waals surface area contributed by atoms with Gasteiger partial charge in [-0.1, -0.05) is 17.7 Å². The van der Waals surface area contributed by atoms with Gasteiger partial charge in [-0.2, -0.15) is 0 Å². The second-order valence-electron chi connectivity index (χ2n) is 6.96. The second-order valence-corrected chi connectivity index (χ2v) is 6.96. The van der Waals surface area contributed by atoms with Crippen LogP contribution in [0, 0.1) is 12.8 Å². The molecule has 1 aliphatic rings. The number of carbonyl (C=O) groups is 3. The van der Waals surface area contributed by atoms with Gasteiger partial charge < -0.3 is 24.4 Å². The maximum Gasteiger partial charge on any atom is 0.311 e. The van der Waals surface area contributed by atoms with E-state index in [0.717, 1.165) is 11.3 Å². The fourth-order valence-electron chi connectivity index (χ4n) is 3.18. The molecular formula is C22H24N2O6. The van der Waals surface area contributed by atoms with Crippen LogP contribution in [-0.4, -0.2) is 45.2 Å². The number of nitrogens with one attached hydrogen (secondary N) is 1. The Morgan fingerprint density at radius 1 is 1.10 bits per heavy atom. The molecule has 8 heteroatoms. The molecule has 0 unspecified atom stereocenters. The summed E-state index contributed by atoms with van der Waals surface area (Å²) >= 11 is 0. The highest BCUT2D eigenvalue weighted by molar-refractivity contribution is 6.00. The van der Waals surface area contributed by atoms with Crippen molar-refractivity contribution >= 4 is 29.2 Å². The van der Waals surface area contributed by atoms with Crippen molar-refractivity contribution in [3.05, 3.63) is 48.0 Å². The first kappa shape index (κ1) is 21.2. The van der Waals surface area contributed by atoms with Gasteiger partial charge in [0.15, 0.2) is 6.61 Å². The summed E-state index contributed by atoms with van der Waals surface area (Å²) in [5.74, 6) is -0.832. The molecule has 1 N–H and O–H groups in total. The number of nitrogens with zero attached hydrogens (tertiary/aromatic N) is 1. The number of aryl methyl sites for hydroxylation is 1. The number of anilines is 2. The molecule has 0 bridgehead atoms. The molecule has 8 nitrogen and oxygen atoms in total. The highest BCUT2D eigenvalue weighted by atomic mass is 16.5. The van der Waals surface area contributed by atoms with E-state index in [-0.39, 0.29) is 18.9 Å². The van der Waals surface area contributed by atoms with E-state index in [2.05, 4.69) is 5.32 Å². The van der Waals surface area contributed by atoms with E-state index in [1.165, 1.54) is 14.2 Å². The van der Waals surface area contributed by atoms with Crippen LogP contribution in [0.4, 0.5) is 11.4 Å². The Kier molecular flexibility index (Phi) is 6.56. The SMILES string of the molecule is COc1ccc(NC(=O)COC(=O)[C@@H]2CC(=O)N(c3ccc(C)cc3)C2)c(OC)c1. The lowest BCUT2D eigenvalue weighted by Gasteiger charge is -2.16. The van der Waals surface area contributed by atoms with Gasteiger partial charge in [0.25, 0.3) is 5.91 Å². The van der Waals surface area contributed by atoms with E-state index in [4.69, 9.17) is 14.2 Å². The smallest absolute Gasteiger partial charge is 0.311 e. The number of carbonyl (C=O) groups excluding carboxylic acids is 3. The molecule has 3 rings (SSSR count). The summed E-state index contributed by atoms with van der Waals surface area (Å²) in [6.45, 7) is 1.74. The van der Waals surface area contributed by atoms with Crippen LogP contribution in [0.1, 0.15) is 12.0 Å². The van der Waals surface area contributed by atoms with E-state index in [1.807, 2.05) is 31.2 Å². The summed E-state index contributed by atoms with van der Waals surface area (Å²) in [7, 11) is 3.00. The highest BCUT2D eigenvalue weighted by Gasteiger charge is 2.36. The van der Waals surface area contributed by atoms with Gasteiger partial charge in [0, 0.05) is 24.7 Å². The molecule has 0 radical (unpaired) electrons. The third kappa shape index (κ3) is 4.89. The molecule has 1 heterocycles. The molecule has 30 heavy (non-hydrogen) atoms. The fraction of sp³-hybridized carbons (Fsp3) is 0.318. The summed E-state index contributed by atoms with van der Waals surface area (Å²) < 4.78 is 15.5. The normalized spacial score (nSPS) is 15.6. The van der Waals surface area contributed by atoms with Crippen molar-refractivity contribution in [2.45, 2.75) is 13.3 Å². The average molecular weight is 412 g/mol. The summed E-state index contributed by atoms with van der Waals surface area (Å²) in [4.78, 5) is 38.4. The zero-order chi connectivity index (χ0) is 21.7. The monoisotopic (exact) mass is 412 g/mol. The number of methoxy groups -OCH3 is 2. The predicted octanol–water partition coefficient (Wildman–Crippen LogP) is 2.55. The average Bonchev–Trinajstić information content (AvgIpc) is 3.14. The van der Waals surface area contributed by atoms with Crippen molar-refractivity contribution in [3.8, 4) is 11.5 Å². The summed E-state index contributed by atoms with van der Waals surface area (Å²) in [6.07, 6.45) is 0.0562. The lowest BCUT2D eigenvalue weighted by atomic mass is 10.1. The lowest BCUT2D eigenvalue weighted by molar-refractivity contribution is -0.151. The molecule has 1 atom stereocenters. The third-order valence-electron chi connectivity index (χ3n) is 4.83. The number of esters is 1. The number of amides is 2. The molecule has 0 spiro atoms. The predicted molar refractivity (Wildman–Crippen MR) is 111 cm³/mol. The summed E-state index contributed by atoms with van der Waals surface area (Å²) in [5, 5.41) is 2.63. The van der Waals surface area contributed by atoms with E-state index >= 15 is 0 Å². The summed E-state index contributed by atoms with van der Waals surface area (Å²) in [5.41, 5.74) is 2.26. The minimum absolute atomic E-state index is 0.0562. The van der Waals surface area contributed by atoms with Crippen molar-refractivity contribution in [2.24, 2.45) is 5.92 Å². The maximum atomic E-state index is 12.4. The number of hydrogen-bond donors (Lipinski definition) is 1. The van der Waals surface area contributed by atoms with Crippen molar-refractivity contribution in [1.29, 1.82) is 0 Å². The molecule has 158 valence electrons. The number of benzene rings is 2. The quantitative estimate of drug-likeness (QED) is 0.703. The van der Waals surface area contributed by atoms with E-state index in [1.54, 1.807) is 23.1 Å². The highest BCUT2D eigenvalue weighted by Crippen LogP contribution is 2.29. The van der Waals surface area contributed by atoms with Gasteiger partial charge in [0.1, 0.15) is 11.5 Å². The number of ether oxygens (including phenoxy) is 3. The standard InChI is InChI=1S/C22H24N2O6/c1-14-4-6-16(7-5-14)24-12-15(10-21(24)26)22(27)30-13-20(25)23-18-9-8-17(28-2)11-19(18)29-3/h4-9,11,15H,10,12-13H2,1-3H3,(H,23,25)/t15-/m1/s1. The van der Waals surface area contributed by atoms with Crippen LogP contribution < -0.4 is 19.7 Å². The van der Waals surface area contributed by atoms with Crippen LogP contribution >= 0.6 is 0 Å². The Morgan fingerprint density at radius 2 is 1.83 bits per heavy atom. The molecule has 0 saturated carbocycles. The molecule has 2 amide bonds. The number of hydrogen-bond acceptors (Lipinski definition) is 6. The fourth-order valence-corrected chi connectivity index (χ4v) is 3.18. The zero-order valence-corrected chi connectivity index (χ0v) is 17.1. The van der Waals surface area contributed by atoms with Crippen LogP contribution in [0.3, 0.4) is 0 Å². The Labute approximate surface area is 174 Å².